The maximum atomic E-state index is 13.5. The number of rotatable bonds is 11. The van der Waals surface area contributed by atoms with Crippen molar-refractivity contribution in [1.29, 1.82) is 0 Å². The van der Waals surface area contributed by atoms with Gasteiger partial charge in [-0.15, -0.1) is 0 Å². The Morgan fingerprint density at radius 1 is 1.08 bits per heavy atom. The van der Waals surface area contributed by atoms with Gasteiger partial charge in [0.2, 0.25) is 0 Å². The molecule has 2 N–H and O–H groups in total. The van der Waals surface area contributed by atoms with Gasteiger partial charge in [0.1, 0.15) is 6.04 Å². The van der Waals surface area contributed by atoms with Crippen LogP contribution in [0, 0.1) is 17.6 Å². The molecule has 2 aromatic rings. The van der Waals surface area contributed by atoms with Crippen molar-refractivity contribution in [2.75, 3.05) is 32.7 Å². The molecule has 0 aliphatic carbocycles. The SMILES string of the molecule is CCCC(C(=O)O)N1CC(CN2CCC(O)(CCCc3ccc(F)c(F)c3)CC2)C(c2ccccc2)C1. The molecule has 0 spiro atoms. The highest BCUT2D eigenvalue weighted by Crippen LogP contribution is 2.36. The Balaban J connectivity index is 1.33. The maximum Gasteiger partial charge on any atom is 0.320 e. The van der Waals surface area contributed by atoms with E-state index in [4.69, 9.17) is 0 Å². The second-order valence-electron chi connectivity index (χ2n) is 11.0. The molecule has 0 radical (unpaired) electrons. The first-order valence-electron chi connectivity index (χ1n) is 13.7. The lowest BCUT2D eigenvalue weighted by molar-refractivity contribution is -0.143. The van der Waals surface area contributed by atoms with Crippen molar-refractivity contribution < 1.29 is 23.8 Å². The molecule has 0 bridgehead atoms. The van der Waals surface area contributed by atoms with Gasteiger partial charge in [-0.05, 0) is 67.7 Å². The molecule has 202 valence electrons. The van der Waals surface area contributed by atoms with Gasteiger partial charge in [-0.2, -0.15) is 0 Å². The Bertz CT molecular complexity index is 1030. The van der Waals surface area contributed by atoms with E-state index < -0.39 is 29.2 Å². The quantitative estimate of drug-likeness (QED) is 0.438. The number of aliphatic carboxylic acids is 1. The first kappa shape index (κ1) is 27.7. The van der Waals surface area contributed by atoms with Gasteiger partial charge >= 0.3 is 5.97 Å². The summed E-state index contributed by atoms with van der Waals surface area (Å²) in [5.74, 6) is -1.77. The van der Waals surface area contributed by atoms with E-state index in [-0.39, 0.29) is 5.92 Å². The zero-order chi connectivity index (χ0) is 26.4. The topological polar surface area (TPSA) is 64.0 Å². The van der Waals surface area contributed by atoms with Gasteiger partial charge in [-0.25, -0.2) is 8.78 Å². The number of piperidine rings is 1. The molecule has 2 saturated heterocycles. The van der Waals surface area contributed by atoms with Crippen LogP contribution in [0.25, 0.3) is 0 Å². The standard InChI is InChI=1S/C30H40F2N2O3/c1-2-7-28(29(35)36)34-20-24(25(21-34)23-9-4-3-5-10-23)19-33-16-14-30(37,15-17-33)13-6-8-22-11-12-26(31)27(32)18-22/h3-5,9-12,18,24-25,28,37H,2,6-8,13-17,19-21H2,1H3,(H,35,36). The molecule has 2 aliphatic heterocycles. The fourth-order valence-electron chi connectivity index (χ4n) is 6.21. The largest absolute Gasteiger partial charge is 0.480 e. The predicted molar refractivity (Wildman–Crippen MR) is 140 cm³/mol. The Kier molecular flexibility index (Phi) is 9.32. The number of nitrogens with zero attached hydrogens (tertiary/aromatic N) is 2. The monoisotopic (exact) mass is 514 g/mol. The molecule has 0 saturated carbocycles. The smallest absolute Gasteiger partial charge is 0.320 e. The number of benzene rings is 2. The third kappa shape index (κ3) is 7.15. The van der Waals surface area contributed by atoms with E-state index in [0.717, 1.165) is 57.2 Å². The van der Waals surface area contributed by atoms with Crippen LogP contribution in [0.3, 0.4) is 0 Å². The van der Waals surface area contributed by atoms with Gasteiger partial charge in [0, 0.05) is 38.6 Å². The number of hydrogen-bond donors (Lipinski definition) is 2. The lowest BCUT2D eigenvalue weighted by Crippen LogP contribution is -2.46. The van der Waals surface area contributed by atoms with Crippen LogP contribution in [0.1, 0.15) is 62.5 Å². The molecule has 2 aliphatic rings. The molecule has 0 amide bonds. The highest BCUT2D eigenvalue weighted by atomic mass is 19.2. The molecule has 37 heavy (non-hydrogen) atoms. The fourth-order valence-corrected chi connectivity index (χ4v) is 6.21. The van der Waals surface area contributed by atoms with Crippen LogP contribution < -0.4 is 0 Å². The van der Waals surface area contributed by atoms with Crippen LogP contribution in [-0.4, -0.2) is 70.3 Å². The second-order valence-corrected chi connectivity index (χ2v) is 11.0. The summed E-state index contributed by atoms with van der Waals surface area (Å²) in [6.07, 6.45) is 4.85. The van der Waals surface area contributed by atoms with Crippen molar-refractivity contribution in [3.63, 3.8) is 0 Å². The number of halogens is 2. The summed E-state index contributed by atoms with van der Waals surface area (Å²) in [5.41, 5.74) is 1.28. The normalized spacial score (nSPS) is 23.2. The molecule has 7 heteroatoms. The molecule has 4 rings (SSSR count). The molecular weight excluding hydrogens is 474 g/mol. The van der Waals surface area contributed by atoms with E-state index in [1.165, 1.54) is 11.6 Å². The van der Waals surface area contributed by atoms with E-state index in [1.54, 1.807) is 6.07 Å². The number of hydrogen-bond acceptors (Lipinski definition) is 4. The molecule has 3 unspecified atom stereocenters. The first-order chi connectivity index (χ1) is 17.8. The van der Waals surface area contributed by atoms with Crippen LogP contribution in [0.2, 0.25) is 0 Å². The van der Waals surface area contributed by atoms with Crippen LogP contribution >= 0.6 is 0 Å². The molecular formula is C30H40F2N2O3. The highest BCUT2D eigenvalue weighted by molar-refractivity contribution is 5.73. The van der Waals surface area contributed by atoms with Crippen LogP contribution in [0.5, 0.6) is 0 Å². The summed E-state index contributed by atoms with van der Waals surface area (Å²) in [7, 11) is 0. The first-order valence-corrected chi connectivity index (χ1v) is 13.7. The van der Waals surface area contributed by atoms with Gasteiger partial charge < -0.3 is 15.1 Å². The van der Waals surface area contributed by atoms with Crippen molar-refractivity contribution in [2.24, 2.45) is 5.92 Å². The average Bonchev–Trinajstić information content (AvgIpc) is 3.30. The van der Waals surface area contributed by atoms with Crippen molar-refractivity contribution in [1.82, 2.24) is 9.80 Å². The Morgan fingerprint density at radius 2 is 1.81 bits per heavy atom. The Hall–Kier alpha value is -2.35. The lowest BCUT2D eigenvalue weighted by atomic mass is 9.84. The number of carbonyl (C=O) groups is 1. The second kappa shape index (κ2) is 12.5. The third-order valence-electron chi connectivity index (χ3n) is 8.36. The average molecular weight is 515 g/mol. The molecule has 2 heterocycles. The van der Waals surface area contributed by atoms with Crippen LogP contribution in [0.4, 0.5) is 8.78 Å². The Morgan fingerprint density at radius 3 is 2.46 bits per heavy atom. The van der Waals surface area contributed by atoms with E-state index >= 15 is 0 Å². The van der Waals surface area contributed by atoms with Crippen molar-refractivity contribution >= 4 is 5.97 Å². The minimum atomic E-state index is -0.835. The van der Waals surface area contributed by atoms with Gasteiger partial charge in [0.15, 0.2) is 11.6 Å². The zero-order valence-electron chi connectivity index (χ0n) is 21.8. The van der Waals surface area contributed by atoms with E-state index in [1.807, 2.05) is 13.0 Å². The van der Waals surface area contributed by atoms with E-state index in [0.29, 0.717) is 38.0 Å². The third-order valence-corrected chi connectivity index (χ3v) is 8.36. The van der Waals surface area contributed by atoms with E-state index in [9.17, 15) is 23.8 Å². The maximum absolute atomic E-state index is 13.5. The minimum Gasteiger partial charge on any atom is -0.480 e. The molecule has 2 fully saturated rings. The minimum absolute atomic E-state index is 0.289. The summed E-state index contributed by atoms with van der Waals surface area (Å²) in [5, 5.41) is 21.0. The van der Waals surface area contributed by atoms with Crippen molar-refractivity contribution in [2.45, 2.75) is 69.4 Å². The molecule has 3 atom stereocenters. The van der Waals surface area contributed by atoms with Crippen molar-refractivity contribution in [3.05, 3.63) is 71.3 Å². The van der Waals surface area contributed by atoms with Crippen LogP contribution in [0.15, 0.2) is 48.5 Å². The number of aliphatic hydroxyl groups is 1. The fraction of sp³-hybridized carbons (Fsp3) is 0.567. The van der Waals surface area contributed by atoms with Gasteiger partial charge in [0.05, 0.1) is 5.60 Å². The number of carboxylic acid groups (broad SMARTS) is 1. The summed E-state index contributed by atoms with van der Waals surface area (Å²) in [6, 6.07) is 14.0. The molecule has 2 aromatic carbocycles. The zero-order valence-corrected chi connectivity index (χ0v) is 21.8. The van der Waals surface area contributed by atoms with Crippen molar-refractivity contribution in [3.8, 4) is 0 Å². The number of carboxylic acids is 1. The summed E-state index contributed by atoms with van der Waals surface area (Å²) >= 11 is 0. The highest BCUT2D eigenvalue weighted by Gasteiger charge is 2.41. The summed E-state index contributed by atoms with van der Waals surface area (Å²) in [6.45, 7) is 6.05. The molecule has 0 aromatic heterocycles. The number of likely N-dealkylation sites (tertiary alicyclic amines) is 2. The lowest BCUT2D eigenvalue weighted by Gasteiger charge is -2.40. The predicted octanol–water partition coefficient (Wildman–Crippen LogP) is 5.08. The Labute approximate surface area is 219 Å². The van der Waals surface area contributed by atoms with Gasteiger partial charge in [-0.1, -0.05) is 49.7 Å². The van der Waals surface area contributed by atoms with E-state index in [2.05, 4.69) is 34.1 Å². The molecule has 5 nitrogen and oxygen atoms in total. The number of aryl methyl sites for hydroxylation is 1. The van der Waals surface area contributed by atoms with Gasteiger partial charge in [-0.3, -0.25) is 9.69 Å². The van der Waals surface area contributed by atoms with Crippen LogP contribution in [-0.2, 0) is 11.2 Å². The van der Waals surface area contributed by atoms with Gasteiger partial charge in [0.25, 0.3) is 0 Å². The summed E-state index contributed by atoms with van der Waals surface area (Å²) in [4.78, 5) is 16.6. The summed E-state index contributed by atoms with van der Waals surface area (Å²) < 4.78 is 26.6.